The number of Topliss-reactive ketones (excluding diaryl/α,β-unsaturated/α-hetero) is 1. The first kappa shape index (κ1) is 19.1. The van der Waals surface area contributed by atoms with E-state index in [4.69, 9.17) is 9.47 Å². The van der Waals surface area contributed by atoms with Crippen LogP contribution in [0.4, 0.5) is 4.39 Å². The molecule has 0 amide bonds. The maximum atomic E-state index is 13.9. The fourth-order valence-electron chi connectivity index (χ4n) is 3.06. The number of fused-ring (bicyclic) bond motifs is 1. The van der Waals surface area contributed by atoms with E-state index in [1.54, 1.807) is 55.5 Å². The quantitative estimate of drug-likeness (QED) is 0.289. The van der Waals surface area contributed by atoms with Crippen LogP contribution in [0, 0.1) is 12.7 Å². The van der Waals surface area contributed by atoms with Crippen molar-refractivity contribution < 1.29 is 23.5 Å². The zero-order valence-electron chi connectivity index (χ0n) is 15.2. The summed E-state index contributed by atoms with van der Waals surface area (Å²) in [4.78, 5) is 25.1. The second-order valence-corrected chi connectivity index (χ2v) is 7.30. The topological polar surface area (TPSA) is 52.6 Å². The van der Waals surface area contributed by atoms with Gasteiger partial charge in [-0.3, -0.25) is 4.79 Å². The fourth-order valence-corrected chi connectivity index (χ4v) is 3.51. The summed E-state index contributed by atoms with van der Waals surface area (Å²) in [5.74, 6) is -0.795. The lowest BCUT2D eigenvalue weighted by Gasteiger charge is -2.08. The number of allylic oxidation sites excluding steroid dienone is 1. The molecule has 6 heteroatoms. The molecule has 3 aromatic rings. The summed E-state index contributed by atoms with van der Waals surface area (Å²) in [6, 6.07) is 16.1. The predicted molar refractivity (Wildman–Crippen MR) is 110 cm³/mol. The number of esters is 1. The molecule has 0 fully saturated rings. The molecule has 0 unspecified atom stereocenters. The van der Waals surface area contributed by atoms with Crippen LogP contribution in [0.3, 0.4) is 0 Å². The number of aryl methyl sites for hydroxylation is 1. The third-order valence-electron chi connectivity index (χ3n) is 4.44. The van der Waals surface area contributed by atoms with E-state index in [0.29, 0.717) is 21.2 Å². The van der Waals surface area contributed by atoms with Gasteiger partial charge in [0.25, 0.3) is 0 Å². The van der Waals surface area contributed by atoms with Gasteiger partial charge in [0.15, 0.2) is 5.76 Å². The Balaban J connectivity index is 1.64. The molecule has 0 saturated carbocycles. The molecule has 4 nitrogen and oxygen atoms in total. The maximum Gasteiger partial charge on any atom is 0.344 e. The second-order valence-electron chi connectivity index (χ2n) is 6.44. The molecule has 0 aliphatic carbocycles. The van der Waals surface area contributed by atoms with Crippen molar-refractivity contribution in [3.63, 3.8) is 0 Å². The summed E-state index contributed by atoms with van der Waals surface area (Å²) in [5.41, 5.74) is 1.59. The Bertz CT molecular complexity index is 1180. The smallest absolute Gasteiger partial charge is 0.344 e. The van der Waals surface area contributed by atoms with Gasteiger partial charge in [-0.1, -0.05) is 30.3 Å². The number of carbonyl (C=O) groups is 2. The maximum absolute atomic E-state index is 13.9. The van der Waals surface area contributed by atoms with Gasteiger partial charge in [-0.2, -0.15) is 0 Å². The number of carbonyl (C=O) groups excluding carboxylic acids is 2. The number of hydrogen-bond donors (Lipinski definition) is 0. The highest BCUT2D eigenvalue weighted by molar-refractivity contribution is 9.10. The summed E-state index contributed by atoms with van der Waals surface area (Å²) in [6.07, 6.45) is 1.36. The van der Waals surface area contributed by atoms with Gasteiger partial charge in [-0.25, -0.2) is 9.18 Å². The molecule has 29 heavy (non-hydrogen) atoms. The molecule has 0 radical (unpaired) electrons. The molecule has 1 aliphatic heterocycles. The van der Waals surface area contributed by atoms with E-state index >= 15 is 0 Å². The van der Waals surface area contributed by atoms with E-state index < -0.39 is 11.8 Å². The standard InChI is InChI=1S/C23H14BrFO4/c1-13-10-15(28-23(27)16-7-3-4-8-17(16)24)12-19-21(13)22(26)20(29-19)11-14-6-2-5-9-18(14)25/h2-12H,1H3/b20-11-. The Morgan fingerprint density at radius 1 is 1.10 bits per heavy atom. The Morgan fingerprint density at radius 2 is 1.83 bits per heavy atom. The molecule has 0 saturated heterocycles. The first-order valence-electron chi connectivity index (χ1n) is 8.74. The number of rotatable bonds is 3. The van der Waals surface area contributed by atoms with Crippen molar-refractivity contribution in [1.29, 1.82) is 0 Å². The summed E-state index contributed by atoms with van der Waals surface area (Å²) in [7, 11) is 0. The van der Waals surface area contributed by atoms with Crippen LogP contribution in [0.5, 0.6) is 11.5 Å². The van der Waals surface area contributed by atoms with E-state index in [0.717, 1.165) is 0 Å². The van der Waals surface area contributed by atoms with Crippen LogP contribution in [0.2, 0.25) is 0 Å². The zero-order valence-corrected chi connectivity index (χ0v) is 16.8. The van der Waals surface area contributed by atoms with E-state index in [9.17, 15) is 14.0 Å². The van der Waals surface area contributed by atoms with Crippen LogP contribution in [-0.2, 0) is 0 Å². The van der Waals surface area contributed by atoms with Crippen LogP contribution in [0.1, 0.15) is 31.8 Å². The van der Waals surface area contributed by atoms with Gasteiger partial charge in [0, 0.05) is 16.1 Å². The molecule has 0 N–H and O–H groups in total. The first-order valence-corrected chi connectivity index (χ1v) is 9.53. The molecule has 1 heterocycles. The average molecular weight is 453 g/mol. The molecule has 144 valence electrons. The van der Waals surface area contributed by atoms with Crippen molar-refractivity contribution in [3.05, 3.63) is 99.0 Å². The number of ether oxygens (including phenoxy) is 2. The number of ketones is 1. The van der Waals surface area contributed by atoms with E-state index in [-0.39, 0.29) is 28.6 Å². The van der Waals surface area contributed by atoms with Gasteiger partial charge in [-0.15, -0.1) is 0 Å². The monoisotopic (exact) mass is 452 g/mol. The molecule has 0 atom stereocenters. The minimum atomic E-state index is -0.539. The van der Waals surface area contributed by atoms with Crippen molar-refractivity contribution in [3.8, 4) is 11.5 Å². The highest BCUT2D eigenvalue weighted by Gasteiger charge is 2.30. The molecule has 0 aromatic heterocycles. The minimum absolute atomic E-state index is 0.0162. The Kier molecular flexibility index (Phi) is 5.03. The highest BCUT2D eigenvalue weighted by Crippen LogP contribution is 2.38. The Morgan fingerprint density at radius 3 is 2.59 bits per heavy atom. The summed E-state index contributed by atoms with van der Waals surface area (Å²) >= 11 is 3.32. The molecular weight excluding hydrogens is 439 g/mol. The van der Waals surface area contributed by atoms with Crippen molar-refractivity contribution >= 4 is 33.8 Å². The third kappa shape index (κ3) is 3.71. The fraction of sp³-hybridized carbons (Fsp3) is 0.0435. The van der Waals surface area contributed by atoms with E-state index in [1.807, 2.05) is 0 Å². The number of hydrogen-bond acceptors (Lipinski definition) is 4. The first-order chi connectivity index (χ1) is 13.9. The molecular formula is C23H14BrFO4. The van der Waals surface area contributed by atoms with Gasteiger partial charge in [0.1, 0.15) is 17.3 Å². The Labute approximate surface area is 174 Å². The summed E-state index contributed by atoms with van der Waals surface area (Å²) < 4.78 is 25.6. The van der Waals surface area contributed by atoms with E-state index in [2.05, 4.69) is 15.9 Å². The number of halogens is 2. The van der Waals surface area contributed by atoms with Gasteiger partial charge < -0.3 is 9.47 Å². The molecule has 0 bridgehead atoms. The van der Waals surface area contributed by atoms with Crippen LogP contribution in [-0.4, -0.2) is 11.8 Å². The molecule has 4 rings (SSSR count). The van der Waals surface area contributed by atoms with Gasteiger partial charge in [-0.05, 0) is 58.8 Å². The van der Waals surface area contributed by atoms with Gasteiger partial charge in [0.2, 0.25) is 5.78 Å². The van der Waals surface area contributed by atoms with Gasteiger partial charge in [0.05, 0.1) is 11.1 Å². The van der Waals surface area contributed by atoms with Crippen LogP contribution < -0.4 is 9.47 Å². The lowest BCUT2D eigenvalue weighted by molar-refractivity contribution is 0.0733. The van der Waals surface area contributed by atoms with Crippen molar-refractivity contribution in [2.75, 3.05) is 0 Å². The predicted octanol–water partition coefficient (Wildman–Crippen LogP) is 5.73. The lowest BCUT2D eigenvalue weighted by atomic mass is 10.0. The zero-order chi connectivity index (χ0) is 20.5. The van der Waals surface area contributed by atoms with Crippen molar-refractivity contribution in [2.45, 2.75) is 6.92 Å². The average Bonchev–Trinajstić information content (AvgIpc) is 2.99. The molecule has 1 aliphatic rings. The largest absolute Gasteiger partial charge is 0.452 e. The molecule has 3 aromatic carbocycles. The summed E-state index contributed by atoms with van der Waals surface area (Å²) in [6.45, 7) is 1.72. The van der Waals surface area contributed by atoms with Crippen LogP contribution in [0.25, 0.3) is 6.08 Å². The van der Waals surface area contributed by atoms with Crippen LogP contribution >= 0.6 is 15.9 Å². The highest BCUT2D eigenvalue weighted by atomic mass is 79.9. The SMILES string of the molecule is Cc1cc(OC(=O)c2ccccc2Br)cc2c1C(=O)/C(=C/c1ccccc1F)O2. The summed E-state index contributed by atoms with van der Waals surface area (Å²) in [5, 5.41) is 0. The normalized spacial score (nSPS) is 13.9. The second kappa shape index (κ2) is 7.64. The van der Waals surface area contributed by atoms with Crippen molar-refractivity contribution in [1.82, 2.24) is 0 Å². The lowest BCUT2D eigenvalue weighted by Crippen LogP contribution is -2.09. The minimum Gasteiger partial charge on any atom is -0.452 e. The third-order valence-corrected chi connectivity index (χ3v) is 5.13. The van der Waals surface area contributed by atoms with Crippen molar-refractivity contribution in [2.24, 2.45) is 0 Å². The number of benzene rings is 3. The molecule has 0 spiro atoms. The van der Waals surface area contributed by atoms with E-state index in [1.165, 1.54) is 18.2 Å². The van der Waals surface area contributed by atoms with Gasteiger partial charge >= 0.3 is 5.97 Å². The Hall–Kier alpha value is -3.25. The van der Waals surface area contributed by atoms with Crippen LogP contribution in [0.15, 0.2) is 70.9 Å².